The summed E-state index contributed by atoms with van der Waals surface area (Å²) in [6, 6.07) is 76.9. The van der Waals surface area contributed by atoms with Crippen LogP contribution >= 0.6 is 0 Å². The van der Waals surface area contributed by atoms with Crippen LogP contribution in [0.5, 0.6) is 0 Å². The Morgan fingerprint density at radius 2 is 0.625 bits per heavy atom. The first kappa shape index (κ1) is 103. The van der Waals surface area contributed by atoms with E-state index in [1.54, 1.807) is 39.0 Å². The van der Waals surface area contributed by atoms with Gasteiger partial charge in [0.25, 0.3) is 0 Å². The smallest absolute Gasteiger partial charge is 0.127 e. The van der Waals surface area contributed by atoms with Gasteiger partial charge >= 0.3 is 0 Å². The second-order valence-corrected chi connectivity index (χ2v) is 67.4. The summed E-state index contributed by atoms with van der Waals surface area (Å²) in [4.78, 5) is 0. The SMILES string of the molecule is CC1(C)C2=CC3C(C=C2c2ccc(-n4c5ccccc5c5ccccc54)cc21)CCC3[Si](C)(C)N(C1CCCCC1)C(C)(C)C.CCCCC1(CCCC)C2=CC3C(C=C2c2ccc(-n4c5ccccc5c5ccccc54)cc21)CC(C)C3[Si](C)(C)N(C(C)(C)C)C(C)(C)C.CCCCC1(CCCC)C2=CC3C(C=C2c2ccc(-n4c5ccccc5c5ccccc54)cc21)CCC3[Si](C)(C)N(C(C)(C)C)C(C)(C)C. The van der Waals surface area contributed by atoms with Gasteiger partial charge in [0, 0.05) is 99.4 Å². The summed E-state index contributed by atoms with van der Waals surface area (Å²) in [6.07, 6.45) is 45.8. The molecule has 0 spiro atoms. The molecule has 0 amide bonds. The summed E-state index contributed by atoms with van der Waals surface area (Å²) in [7, 11) is -5.49. The number of rotatable bonds is 22. The topological polar surface area (TPSA) is 24.5 Å². The van der Waals surface area contributed by atoms with Gasteiger partial charge in [-0.05, 0) is 359 Å². The summed E-state index contributed by atoms with van der Waals surface area (Å²) in [5, 5.41) is 8.01. The van der Waals surface area contributed by atoms with Crippen LogP contribution < -0.4 is 0 Å². The van der Waals surface area contributed by atoms with Crippen LogP contribution in [-0.4, -0.2) is 85.8 Å². The number of fused-ring (bicyclic) bond motifs is 21. The van der Waals surface area contributed by atoms with Gasteiger partial charge in [0.05, 0.1) is 33.1 Å². The number of hydrogen-bond acceptors (Lipinski definition) is 3. The lowest BCUT2D eigenvalue weighted by Crippen LogP contribution is -2.67. The van der Waals surface area contributed by atoms with E-state index in [9.17, 15) is 0 Å². The molecule has 760 valence electrons. The maximum atomic E-state index is 3.12. The van der Waals surface area contributed by atoms with Gasteiger partial charge in [-0.15, -0.1) is 0 Å². The minimum Gasteiger partial charge on any atom is -0.316 e. The summed E-state index contributed by atoms with van der Waals surface area (Å²) in [5.74, 6) is 4.60. The molecular weight excluding hydrogens is 1790 g/mol. The lowest BCUT2D eigenvalue weighted by molar-refractivity contribution is 0.121. The number of unbranched alkanes of at least 4 members (excludes halogenated alkanes) is 4. The van der Waals surface area contributed by atoms with Crippen LogP contribution in [0.15, 0.2) is 253 Å². The van der Waals surface area contributed by atoms with Crippen molar-refractivity contribution in [3.8, 4) is 17.1 Å². The van der Waals surface area contributed by atoms with Crippen molar-refractivity contribution < 1.29 is 0 Å². The summed E-state index contributed by atoms with van der Waals surface area (Å²) < 4.78 is 16.7. The van der Waals surface area contributed by atoms with Crippen LogP contribution in [0.2, 0.25) is 55.9 Å². The highest BCUT2D eigenvalue weighted by molar-refractivity contribution is 6.77. The van der Waals surface area contributed by atoms with Crippen LogP contribution in [0, 0.1) is 41.4 Å². The minimum atomic E-state index is -1.90. The molecule has 3 aromatic heterocycles. The fourth-order valence-corrected chi connectivity index (χ4v) is 52.9. The lowest BCUT2D eigenvalue weighted by Gasteiger charge is -2.57. The molecule has 0 radical (unpaired) electrons. The molecule has 0 aliphatic heterocycles. The van der Waals surface area contributed by atoms with E-state index in [4.69, 9.17) is 0 Å². The highest BCUT2D eigenvalue weighted by Crippen LogP contribution is 2.68. The maximum Gasteiger partial charge on any atom is 0.127 e. The Morgan fingerprint density at radius 3 is 0.972 bits per heavy atom. The van der Waals surface area contributed by atoms with E-state index in [0.717, 1.165) is 28.6 Å². The molecule has 0 saturated heterocycles. The molecule has 10 aliphatic carbocycles. The van der Waals surface area contributed by atoms with Crippen LogP contribution in [-0.2, 0) is 16.2 Å². The van der Waals surface area contributed by atoms with Crippen molar-refractivity contribution in [3.05, 3.63) is 287 Å². The van der Waals surface area contributed by atoms with Crippen molar-refractivity contribution in [1.82, 2.24) is 27.4 Å². The van der Waals surface area contributed by atoms with Crippen molar-refractivity contribution in [2.45, 2.75) is 399 Å². The molecule has 144 heavy (non-hydrogen) atoms. The number of aromatic nitrogens is 3. The lowest BCUT2D eigenvalue weighted by atomic mass is 9.68. The third-order valence-electron chi connectivity index (χ3n) is 38.2. The second kappa shape index (κ2) is 38.1. The first-order valence-corrected chi connectivity index (χ1v) is 66.6. The molecule has 10 aliphatic rings. The molecule has 4 fully saturated rings. The molecule has 3 heterocycles. The predicted octanol–water partition coefficient (Wildman–Crippen LogP) is 38.2. The highest BCUT2D eigenvalue weighted by Gasteiger charge is 2.61. The van der Waals surface area contributed by atoms with Gasteiger partial charge in [0.15, 0.2) is 0 Å². The Labute approximate surface area is 872 Å². The van der Waals surface area contributed by atoms with Crippen LogP contribution in [0.4, 0.5) is 0 Å². The van der Waals surface area contributed by atoms with Crippen molar-refractivity contribution in [3.63, 3.8) is 0 Å². The van der Waals surface area contributed by atoms with E-state index in [2.05, 4.69) is 456 Å². The van der Waals surface area contributed by atoms with Crippen LogP contribution in [0.1, 0.15) is 327 Å². The van der Waals surface area contributed by atoms with Gasteiger partial charge in [-0.2, -0.15) is 0 Å². The maximum absolute atomic E-state index is 3.12. The van der Waals surface area contributed by atoms with Crippen molar-refractivity contribution in [1.29, 1.82) is 0 Å². The molecule has 4 saturated carbocycles. The van der Waals surface area contributed by atoms with Gasteiger partial charge < -0.3 is 27.4 Å². The molecule has 0 bridgehead atoms. The van der Waals surface area contributed by atoms with E-state index in [0.29, 0.717) is 35.5 Å². The average molecular weight is 1970 g/mol. The van der Waals surface area contributed by atoms with E-state index in [1.807, 2.05) is 0 Å². The fourth-order valence-electron chi connectivity index (χ4n) is 34.9. The Morgan fingerprint density at radius 1 is 0.319 bits per heavy atom. The van der Waals surface area contributed by atoms with Crippen molar-refractivity contribution in [2.24, 2.45) is 41.4 Å². The molecule has 9 aromatic carbocycles. The summed E-state index contributed by atoms with van der Waals surface area (Å²) in [5.41, 5.74) is 33.8. The summed E-state index contributed by atoms with van der Waals surface area (Å²) in [6.45, 7) is 70.5. The molecule has 9 heteroatoms. The molecule has 10 unspecified atom stereocenters. The molecule has 10 atom stereocenters. The Balaban J connectivity index is 0.000000132. The first-order valence-electron chi connectivity index (χ1n) is 57.5. The van der Waals surface area contributed by atoms with E-state index in [1.165, 1.54) is 252 Å². The van der Waals surface area contributed by atoms with Crippen LogP contribution in [0.25, 0.3) is 99.2 Å². The minimum absolute atomic E-state index is 0.00711. The molecule has 22 rings (SSSR count). The monoisotopic (exact) mass is 1970 g/mol. The normalized spacial score (nSPS) is 23.4. The Bertz CT molecular complexity index is 6860. The number of hydrogen-bond donors (Lipinski definition) is 0. The fraction of sp³-hybridized carbons (Fsp3) is 0.511. The molecular formula is C135H178N6Si3. The van der Waals surface area contributed by atoms with Crippen molar-refractivity contribution >= 4 is 107 Å². The van der Waals surface area contributed by atoms with Gasteiger partial charge in [-0.25, -0.2) is 0 Å². The van der Waals surface area contributed by atoms with Gasteiger partial charge in [-0.1, -0.05) is 335 Å². The zero-order valence-corrected chi connectivity index (χ0v) is 97.1. The zero-order chi connectivity index (χ0) is 102. The quantitative estimate of drug-likeness (QED) is 0.0632. The molecule has 12 aromatic rings. The Kier molecular flexibility index (Phi) is 27.1. The van der Waals surface area contributed by atoms with E-state index >= 15 is 0 Å². The number of allylic oxidation sites excluding steroid dienone is 12. The largest absolute Gasteiger partial charge is 0.316 e. The van der Waals surface area contributed by atoms with Crippen molar-refractivity contribution in [2.75, 3.05) is 0 Å². The third kappa shape index (κ3) is 17.2. The number of benzene rings is 9. The number of nitrogens with zero attached hydrogens (tertiary/aromatic N) is 6. The van der Waals surface area contributed by atoms with E-state index < -0.39 is 24.7 Å². The number of para-hydroxylation sites is 6. The van der Waals surface area contributed by atoms with E-state index in [-0.39, 0.29) is 43.9 Å². The third-order valence-corrected chi connectivity index (χ3v) is 53.0. The molecule has 6 nitrogen and oxygen atoms in total. The van der Waals surface area contributed by atoms with Gasteiger partial charge in [0.2, 0.25) is 0 Å². The standard InChI is InChI=1S/C47H64N2Si.C46H62N2Si.C42H52N2Si/c1-12-14-26-47(27-15-13-2)40-30-34(48-42-22-18-16-20-36(42)37-21-17-19-23-43(37)48)24-25-35(40)39-29-33-28-32(3)44(38(33)31-41(39)47)50(10,11)49(45(4,5)6)46(7,8)9;1-11-13-27-46(28-14-12-2)39-30-33(47-41-21-17-15-19-35(41)36-20-16-18-22-42(36)47)24-25-34(39)38-29-32-23-26-43(37(32)31-40(38)46)49(9,10)48(44(3,4)5)45(6,7)8;1-41(2,3)44(29-15-9-8-10-16-29)45(6,7)40-24-21-28-25-35-31-23-22-30(26-36(31)42(4,5)37(35)27-34(28)40)43-38-19-13-11-17-32(38)33-18-12-14-20-39(33)43/h16-25,29-33,38,44H,12-15,26-28H2,1-11H3;15-22,24-25,29-32,37,43H,11-14,23,26-28H2,1-10H3;11-14,17-20,22-23,25-29,34,40H,8-10,15-16,21,24H2,1-7H3. The zero-order valence-electron chi connectivity index (χ0n) is 94.1. The second-order valence-electron chi connectivity index (χ2n) is 54.0. The predicted molar refractivity (Wildman–Crippen MR) is 633 cm³/mol. The Hall–Kier alpha value is -8.65. The van der Waals surface area contributed by atoms with Gasteiger partial charge in [0.1, 0.15) is 24.7 Å². The van der Waals surface area contributed by atoms with Crippen LogP contribution in [0.3, 0.4) is 0 Å². The first-order chi connectivity index (χ1) is 68.4. The van der Waals surface area contributed by atoms with Gasteiger partial charge in [-0.3, -0.25) is 0 Å². The molecule has 0 N–H and O–H groups in total. The highest BCUT2D eigenvalue weighted by atomic mass is 28.3. The average Bonchev–Trinajstić information content (AvgIpc) is 1.52. The summed E-state index contributed by atoms with van der Waals surface area (Å²) >= 11 is 0.